The summed E-state index contributed by atoms with van der Waals surface area (Å²) in [5, 5.41) is 4.01. The number of piperazine rings is 1. The number of carbonyl (C=O) groups is 1. The van der Waals surface area contributed by atoms with Crippen molar-refractivity contribution in [2.75, 3.05) is 49.8 Å². The molecule has 2 fully saturated rings. The van der Waals surface area contributed by atoms with E-state index in [1.807, 2.05) is 41.3 Å². The Kier molecular flexibility index (Phi) is 5.85. The number of hydrogen-bond acceptors (Lipinski definition) is 9. The summed E-state index contributed by atoms with van der Waals surface area (Å²) >= 11 is 1.48. The summed E-state index contributed by atoms with van der Waals surface area (Å²) in [6.45, 7) is 4.08. The normalized spacial score (nSPS) is 24.8. The Morgan fingerprint density at radius 3 is 2.57 bits per heavy atom. The van der Waals surface area contributed by atoms with Crippen LogP contribution in [-0.2, 0) is 16.4 Å². The van der Waals surface area contributed by atoms with Crippen molar-refractivity contribution in [1.82, 2.24) is 9.80 Å². The van der Waals surface area contributed by atoms with Gasteiger partial charge in [0.15, 0.2) is 26.5 Å². The maximum absolute atomic E-state index is 13.0. The second-order valence-corrected chi connectivity index (χ2v) is 12.6. The number of anilines is 1. The van der Waals surface area contributed by atoms with Crippen LogP contribution in [0, 0.1) is 0 Å². The molecule has 2 atom stereocenters. The zero-order valence-electron chi connectivity index (χ0n) is 19.1. The second kappa shape index (κ2) is 9.03. The van der Waals surface area contributed by atoms with Gasteiger partial charge in [-0.3, -0.25) is 14.7 Å². The van der Waals surface area contributed by atoms with Crippen molar-refractivity contribution in [3.8, 4) is 11.5 Å². The molecular formula is C24H26N4O5S2. The molecule has 184 valence electrons. The third-order valence-electron chi connectivity index (χ3n) is 6.70. The van der Waals surface area contributed by atoms with E-state index < -0.39 is 9.84 Å². The lowest BCUT2D eigenvalue weighted by molar-refractivity contribution is 0.0628. The number of amidine groups is 1. The lowest BCUT2D eigenvalue weighted by atomic mass is 10.1. The minimum absolute atomic E-state index is 0.00654. The van der Waals surface area contributed by atoms with Crippen LogP contribution in [0.1, 0.15) is 15.9 Å². The number of aliphatic imine (C=N–C) groups is 1. The molecule has 0 radical (unpaired) electrons. The van der Waals surface area contributed by atoms with Gasteiger partial charge in [-0.25, -0.2) is 8.42 Å². The summed E-state index contributed by atoms with van der Waals surface area (Å²) in [7, 11) is -2.96. The molecule has 0 aromatic heterocycles. The van der Waals surface area contributed by atoms with Crippen LogP contribution in [0.2, 0.25) is 0 Å². The summed E-state index contributed by atoms with van der Waals surface area (Å²) in [4.78, 5) is 21.8. The summed E-state index contributed by atoms with van der Waals surface area (Å²) < 4.78 is 34.3. The number of thioether (sulfide) groups is 1. The van der Waals surface area contributed by atoms with Gasteiger partial charge in [-0.05, 0) is 42.0 Å². The maximum atomic E-state index is 13.0. The lowest BCUT2D eigenvalue weighted by Crippen LogP contribution is -2.48. The first-order valence-electron chi connectivity index (χ1n) is 11.6. The highest BCUT2D eigenvalue weighted by Gasteiger charge is 2.42. The molecule has 0 bridgehead atoms. The Labute approximate surface area is 208 Å². The van der Waals surface area contributed by atoms with Crippen LogP contribution >= 0.6 is 11.8 Å². The van der Waals surface area contributed by atoms with E-state index in [1.54, 1.807) is 0 Å². The molecule has 1 N–H and O–H groups in total. The van der Waals surface area contributed by atoms with Crippen LogP contribution in [0.4, 0.5) is 5.69 Å². The topological polar surface area (TPSA) is 101 Å². The maximum Gasteiger partial charge on any atom is 0.253 e. The van der Waals surface area contributed by atoms with Crippen LogP contribution in [0.3, 0.4) is 0 Å². The quantitative estimate of drug-likeness (QED) is 0.662. The van der Waals surface area contributed by atoms with Gasteiger partial charge in [0, 0.05) is 49.2 Å². The van der Waals surface area contributed by atoms with Gasteiger partial charge in [0.1, 0.15) is 0 Å². The Bertz CT molecular complexity index is 1270. The monoisotopic (exact) mass is 514 g/mol. The van der Waals surface area contributed by atoms with Gasteiger partial charge in [-0.1, -0.05) is 17.8 Å². The Hall–Kier alpha value is -2.76. The fourth-order valence-electron chi connectivity index (χ4n) is 4.82. The first kappa shape index (κ1) is 22.7. The highest BCUT2D eigenvalue weighted by atomic mass is 32.2. The molecule has 9 nitrogen and oxygen atoms in total. The molecule has 1 amide bonds. The third kappa shape index (κ3) is 4.85. The van der Waals surface area contributed by atoms with Crippen molar-refractivity contribution in [3.63, 3.8) is 0 Å². The zero-order valence-corrected chi connectivity index (χ0v) is 20.7. The summed E-state index contributed by atoms with van der Waals surface area (Å²) in [6.07, 6.45) is 0. The van der Waals surface area contributed by atoms with E-state index >= 15 is 0 Å². The van der Waals surface area contributed by atoms with Gasteiger partial charge in [-0.15, -0.1) is 0 Å². The molecule has 2 saturated heterocycles. The summed E-state index contributed by atoms with van der Waals surface area (Å²) in [5.74, 6) is 1.94. The van der Waals surface area contributed by atoms with Crippen molar-refractivity contribution < 1.29 is 22.7 Å². The van der Waals surface area contributed by atoms with Gasteiger partial charge >= 0.3 is 0 Å². The first-order chi connectivity index (χ1) is 16.9. The highest BCUT2D eigenvalue weighted by molar-refractivity contribution is 8.15. The van der Waals surface area contributed by atoms with Gasteiger partial charge in [-0.2, -0.15) is 0 Å². The second-order valence-electron chi connectivity index (χ2n) is 9.19. The fourth-order valence-corrected chi connectivity index (χ4v) is 8.50. The van der Waals surface area contributed by atoms with Crippen LogP contribution in [0.15, 0.2) is 47.5 Å². The van der Waals surface area contributed by atoms with E-state index in [4.69, 9.17) is 9.47 Å². The molecule has 4 aliphatic rings. The van der Waals surface area contributed by atoms with Crippen LogP contribution < -0.4 is 14.8 Å². The molecule has 0 spiro atoms. The number of nitrogens with zero attached hydrogens (tertiary/aromatic N) is 3. The number of sulfone groups is 1. The molecule has 11 heteroatoms. The van der Waals surface area contributed by atoms with E-state index in [9.17, 15) is 13.2 Å². The Morgan fingerprint density at radius 1 is 1.03 bits per heavy atom. The molecular weight excluding hydrogens is 488 g/mol. The molecule has 2 aromatic carbocycles. The van der Waals surface area contributed by atoms with Gasteiger partial charge in [0.25, 0.3) is 5.91 Å². The standard InChI is InChI=1S/C24H26N4O5S2/c29-23(28-9-7-27(8-10-28)12-16-1-6-20-21(11-16)33-15-32-20)17-2-4-18(5-3-17)25-24-26-19-13-35(30,31)14-22(19)34-24/h1-6,11,19,22H,7-10,12-15H2,(H,25,26)/t19-,22-/m1/s1. The summed E-state index contributed by atoms with van der Waals surface area (Å²) in [6, 6.07) is 13.3. The molecule has 6 rings (SSSR count). The average molecular weight is 515 g/mol. The van der Waals surface area contributed by atoms with E-state index in [0.717, 1.165) is 42.0 Å². The Morgan fingerprint density at radius 2 is 1.80 bits per heavy atom. The Balaban J connectivity index is 1.01. The van der Waals surface area contributed by atoms with Crippen LogP contribution in [-0.4, -0.2) is 85.1 Å². The van der Waals surface area contributed by atoms with E-state index in [1.165, 1.54) is 17.3 Å². The van der Waals surface area contributed by atoms with E-state index in [2.05, 4.69) is 21.3 Å². The molecule has 0 aliphatic carbocycles. The van der Waals surface area contributed by atoms with Crippen molar-refractivity contribution in [2.24, 2.45) is 4.99 Å². The van der Waals surface area contributed by atoms with Crippen molar-refractivity contribution in [2.45, 2.75) is 17.8 Å². The third-order valence-corrected chi connectivity index (χ3v) is 9.85. The predicted molar refractivity (Wildman–Crippen MR) is 135 cm³/mol. The molecule has 4 heterocycles. The zero-order chi connectivity index (χ0) is 24.0. The molecule has 0 saturated carbocycles. The van der Waals surface area contributed by atoms with E-state index in [0.29, 0.717) is 18.7 Å². The molecule has 0 unspecified atom stereocenters. The lowest BCUT2D eigenvalue weighted by Gasteiger charge is -2.34. The number of carbonyl (C=O) groups excluding carboxylic acids is 1. The predicted octanol–water partition coefficient (Wildman–Crippen LogP) is 2.05. The smallest absolute Gasteiger partial charge is 0.253 e. The van der Waals surface area contributed by atoms with Crippen LogP contribution in [0.25, 0.3) is 0 Å². The first-order valence-corrected chi connectivity index (χ1v) is 14.3. The number of hydrogen-bond donors (Lipinski definition) is 1. The minimum Gasteiger partial charge on any atom is -0.454 e. The largest absolute Gasteiger partial charge is 0.454 e. The molecule has 4 aliphatic heterocycles. The van der Waals surface area contributed by atoms with Crippen molar-refractivity contribution in [3.05, 3.63) is 53.6 Å². The number of nitrogens with one attached hydrogen (secondary N) is 1. The number of ether oxygens (including phenoxy) is 2. The van der Waals surface area contributed by atoms with Crippen LogP contribution in [0.5, 0.6) is 11.5 Å². The SMILES string of the molecule is O=C(c1ccc(NC2=N[C@@H]3CS(=O)(=O)C[C@H]3S2)cc1)N1CCN(Cc2ccc3c(c2)OCO3)CC1. The van der Waals surface area contributed by atoms with Gasteiger partial charge < -0.3 is 19.7 Å². The number of rotatable bonds is 4. The van der Waals surface area contributed by atoms with Gasteiger partial charge in [0.05, 0.1) is 17.5 Å². The fraction of sp³-hybridized carbons (Fsp3) is 0.417. The van der Waals surface area contributed by atoms with E-state index in [-0.39, 0.29) is 35.5 Å². The number of fused-ring (bicyclic) bond motifs is 2. The highest BCUT2D eigenvalue weighted by Crippen LogP contribution is 2.35. The summed E-state index contributed by atoms with van der Waals surface area (Å²) in [5.41, 5.74) is 2.67. The molecule has 35 heavy (non-hydrogen) atoms. The molecule has 2 aromatic rings. The van der Waals surface area contributed by atoms with Crippen molar-refractivity contribution >= 4 is 38.4 Å². The average Bonchev–Trinajstić information content (AvgIpc) is 3.52. The van der Waals surface area contributed by atoms with Crippen molar-refractivity contribution in [1.29, 1.82) is 0 Å². The minimum atomic E-state index is -2.96. The number of amides is 1. The van der Waals surface area contributed by atoms with Gasteiger partial charge in [0.2, 0.25) is 6.79 Å². The number of benzene rings is 2.